The van der Waals surface area contributed by atoms with Crippen molar-refractivity contribution in [3.63, 3.8) is 0 Å². The minimum Gasteiger partial charge on any atom is -0.466 e. The molecule has 6 heteroatoms. The molecule has 0 unspecified atom stereocenters. The number of aliphatic imine (C=N–C) groups is 1. The van der Waals surface area contributed by atoms with Gasteiger partial charge in [0.15, 0.2) is 0 Å². The van der Waals surface area contributed by atoms with Gasteiger partial charge in [-0.15, -0.1) is 0 Å². The van der Waals surface area contributed by atoms with Gasteiger partial charge >= 0.3 is 5.97 Å². The van der Waals surface area contributed by atoms with Gasteiger partial charge in [0.05, 0.1) is 18.6 Å². The van der Waals surface area contributed by atoms with E-state index in [1.807, 2.05) is 13.8 Å². The molecular weight excluding hydrogens is 278 g/mol. The van der Waals surface area contributed by atoms with E-state index in [0.29, 0.717) is 6.61 Å². The first-order valence-corrected chi connectivity index (χ1v) is 6.84. The van der Waals surface area contributed by atoms with Gasteiger partial charge in [0, 0.05) is 19.2 Å². The summed E-state index contributed by atoms with van der Waals surface area (Å²) in [5.74, 6) is -0.237. The maximum absolute atomic E-state index is 10.6. The van der Waals surface area contributed by atoms with E-state index in [2.05, 4.69) is 21.1 Å². The van der Waals surface area contributed by atoms with Gasteiger partial charge in [0.1, 0.15) is 10.9 Å². The minimum atomic E-state index is -0.237. The van der Waals surface area contributed by atoms with Gasteiger partial charge in [-0.25, -0.2) is 9.98 Å². The van der Waals surface area contributed by atoms with Crippen LogP contribution in [-0.2, 0) is 16.1 Å². The zero-order valence-electron chi connectivity index (χ0n) is 12.1. The van der Waals surface area contributed by atoms with Crippen molar-refractivity contribution in [2.75, 3.05) is 6.61 Å². The Kier molecular flexibility index (Phi) is 6.45. The molecule has 20 heavy (non-hydrogen) atoms. The second-order valence-electron chi connectivity index (χ2n) is 4.49. The fourth-order valence-electron chi connectivity index (χ4n) is 1.86. The summed E-state index contributed by atoms with van der Waals surface area (Å²) >= 11 is 5.67. The number of halogens is 1. The normalized spacial score (nSPS) is 11.5. The largest absolute Gasteiger partial charge is 0.466 e. The van der Waals surface area contributed by atoms with Crippen LogP contribution in [0, 0.1) is 6.92 Å². The van der Waals surface area contributed by atoms with Crippen molar-refractivity contribution in [2.45, 2.75) is 40.2 Å². The highest BCUT2D eigenvalue weighted by Gasteiger charge is 2.09. The average molecular weight is 298 g/mol. The van der Waals surface area contributed by atoms with E-state index < -0.39 is 0 Å². The van der Waals surface area contributed by atoms with Gasteiger partial charge in [0.25, 0.3) is 0 Å². The molecule has 0 atom stereocenters. The van der Waals surface area contributed by atoms with Gasteiger partial charge in [-0.1, -0.05) is 18.2 Å². The summed E-state index contributed by atoms with van der Waals surface area (Å²) in [6, 6.07) is 0. The van der Waals surface area contributed by atoms with Crippen LogP contribution < -0.4 is 0 Å². The first kappa shape index (κ1) is 16.4. The zero-order chi connectivity index (χ0) is 15.1. The number of hydrogen-bond acceptors (Lipinski definition) is 4. The van der Waals surface area contributed by atoms with Crippen LogP contribution in [0.25, 0.3) is 0 Å². The number of hydrogen-bond donors (Lipinski definition) is 0. The lowest BCUT2D eigenvalue weighted by Gasteiger charge is -2.06. The smallest absolute Gasteiger partial charge is 0.302 e. The molecule has 1 aromatic rings. The van der Waals surface area contributed by atoms with E-state index in [4.69, 9.17) is 16.3 Å². The highest BCUT2D eigenvalue weighted by Crippen LogP contribution is 2.11. The molecule has 0 N–H and O–H groups in total. The Balaban J connectivity index is 2.55. The van der Waals surface area contributed by atoms with Crippen molar-refractivity contribution in [3.05, 3.63) is 29.5 Å². The van der Waals surface area contributed by atoms with Crippen LogP contribution in [0.3, 0.4) is 0 Å². The molecule has 1 aromatic heterocycles. The molecule has 0 fully saturated rings. The predicted octanol–water partition coefficient (Wildman–Crippen LogP) is 3.05. The fourth-order valence-corrected chi connectivity index (χ4v) is 1.99. The molecule has 0 aliphatic heterocycles. The first-order chi connectivity index (χ1) is 9.41. The van der Waals surface area contributed by atoms with Crippen LogP contribution in [0.4, 0.5) is 0 Å². The molecule has 5 nitrogen and oxygen atoms in total. The average Bonchev–Trinajstić information content (AvgIpc) is 2.69. The number of carbonyl (C=O) groups is 1. The van der Waals surface area contributed by atoms with Gasteiger partial charge in [-0.3, -0.25) is 4.79 Å². The topological polar surface area (TPSA) is 56.5 Å². The Morgan fingerprint density at radius 1 is 1.50 bits per heavy atom. The number of rotatable bonds is 7. The highest BCUT2D eigenvalue weighted by atomic mass is 35.5. The predicted molar refractivity (Wildman–Crippen MR) is 80.0 cm³/mol. The van der Waals surface area contributed by atoms with E-state index in [9.17, 15) is 4.79 Å². The van der Waals surface area contributed by atoms with E-state index in [0.717, 1.165) is 36.5 Å². The number of ether oxygens (including phenoxy) is 1. The van der Waals surface area contributed by atoms with Gasteiger partial charge in [-0.05, 0) is 26.7 Å². The number of aromatic nitrogens is 2. The Bertz CT molecular complexity index is 520. The molecule has 0 aromatic carbocycles. The number of nitrogens with zero attached hydrogens (tertiary/aromatic N) is 3. The van der Waals surface area contributed by atoms with Crippen LogP contribution in [0.15, 0.2) is 23.1 Å². The molecule has 0 aliphatic rings. The summed E-state index contributed by atoms with van der Waals surface area (Å²) in [4.78, 5) is 19.1. The monoisotopic (exact) mass is 297 g/mol. The maximum atomic E-state index is 10.6. The molecule has 0 radical (unpaired) electrons. The highest BCUT2D eigenvalue weighted by molar-refractivity contribution is 6.30. The third kappa shape index (κ3) is 5.17. The molecule has 0 saturated carbocycles. The Morgan fingerprint density at radius 2 is 2.20 bits per heavy atom. The lowest BCUT2D eigenvalue weighted by Crippen LogP contribution is -2.05. The number of carbonyl (C=O) groups excluding carboxylic acids is 1. The van der Waals surface area contributed by atoms with Crippen molar-refractivity contribution in [3.8, 4) is 0 Å². The lowest BCUT2D eigenvalue weighted by molar-refractivity contribution is -0.141. The minimum absolute atomic E-state index is 0.237. The quantitative estimate of drug-likeness (QED) is 0.336. The Labute approximate surface area is 124 Å². The fraction of sp³-hybridized carbons (Fsp3) is 0.500. The summed E-state index contributed by atoms with van der Waals surface area (Å²) in [7, 11) is 0. The molecule has 0 saturated heterocycles. The van der Waals surface area contributed by atoms with Crippen LogP contribution in [0.2, 0.25) is 0 Å². The zero-order valence-corrected chi connectivity index (χ0v) is 12.9. The lowest BCUT2D eigenvalue weighted by atomic mass is 10.2. The second kappa shape index (κ2) is 7.85. The summed E-state index contributed by atoms with van der Waals surface area (Å²) in [5, 5.41) is 0.248. The van der Waals surface area contributed by atoms with Gasteiger partial charge in [0.2, 0.25) is 0 Å². The number of unbranched alkanes of at least 4 members (excludes halogenated alkanes) is 1. The van der Waals surface area contributed by atoms with Crippen molar-refractivity contribution >= 4 is 23.3 Å². The second-order valence-corrected chi connectivity index (χ2v) is 4.93. The van der Waals surface area contributed by atoms with Crippen LogP contribution >= 0.6 is 11.6 Å². The Morgan fingerprint density at radius 3 is 2.80 bits per heavy atom. The van der Waals surface area contributed by atoms with Crippen molar-refractivity contribution in [1.29, 1.82) is 0 Å². The van der Waals surface area contributed by atoms with Gasteiger partial charge < -0.3 is 9.30 Å². The van der Waals surface area contributed by atoms with E-state index in [1.54, 1.807) is 6.33 Å². The third-order valence-corrected chi connectivity index (χ3v) is 2.91. The van der Waals surface area contributed by atoms with Crippen molar-refractivity contribution in [1.82, 2.24) is 9.55 Å². The summed E-state index contributed by atoms with van der Waals surface area (Å²) < 4.78 is 6.94. The number of aryl methyl sites for hydroxylation is 1. The third-order valence-electron chi connectivity index (χ3n) is 2.83. The summed E-state index contributed by atoms with van der Waals surface area (Å²) in [6.45, 7) is 10.1. The van der Waals surface area contributed by atoms with Crippen molar-refractivity contribution < 1.29 is 9.53 Å². The summed E-state index contributed by atoms with van der Waals surface area (Å²) in [6.07, 6.45) is 3.53. The number of esters is 1. The molecule has 0 aliphatic carbocycles. The molecule has 1 rings (SSSR count). The van der Waals surface area contributed by atoms with E-state index in [1.165, 1.54) is 6.92 Å². The standard InChI is InChI=1S/C14H20ClN3O2/c1-10(17-12(3)15)14-11(2)18(9-16-14)7-5-6-8-20-13(4)19/h9H,3,5-8H2,1-2,4H3. The molecular formula is C14H20ClN3O2. The van der Waals surface area contributed by atoms with Crippen LogP contribution in [0.5, 0.6) is 0 Å². The van der Waals surface area contributed by atoms with Crippen molar-refractivity contribution in [2.24, 2.45) is 4.99 Å². The molecule has 1 heterocycles. The van der Waals surface area contributed by atoms with E-state index in [-0.39, 0.29) is 11.1 Å². The van der Waals surface area contributed by atoms with E-state index >= 15 is 0 Å². The molecule has 0 spiro atoms. The van der Waals surface area contributed by atoms with Crippen LogP contribution in [-0.4, -0.2) is 27.8 Å². The first-order valence-electron chi connectivity index (χ1n) is 6.47. The molecule has 0 bridgehead atoms. The Hall–Kier alpha value is -1.62. The molecule has 0 amide bonds. The SMILES string of the molecule is C=C(Cl)N=C(C)c1ncn(CCCCOC(C)=O)c1C. The number of imidazole rings is 1. The summed E-state index contributed by atoms with van der Waals surface area (Å²) in [5.41, 5.74) is 2.62. The molecule has 110 valence electrons. The van der Waals surface area contributed by atoms with Gasteiger partial charge in [-0.2, -0.15) is 0 Å². The maximum Gasteiger partial charge on any atom is 0.302 e. The van der Waals surface area contributed by atoms with Crippen LogP contribution in [0.1, 0.15) is 38.1 Å².